The van der Waals surface area contributed by atoms with E-state index in [0.717, 1.165) is 0 Å². The fourth-order valence-electron chi connectivity index (χ4n) is 1.34. The minimum absolute atomic E-state index is 0.0820. The van der Waals surface area contributed by atoms with Crippen LogP contribution in [0.2, 0.25) is 4.34 Å². The van der Waals surface area contributed by atoms with E-state index >= 15 is 0 Å². The number of amides is 2. The molecule has 94 valence electrons. The first-order chi connectivity index (χ1) is 8.08. The van der Waals surface area contributed by atoms with Crippen molar-refractivity contribution in [3.63, 3.8) is 0 Å². The van der Waals surface area contributed by atoms with Crippen LogP contribution >= 0.6 is 22.9 Å². The Morgan fingerprint density at radius 1 is 1.41 bits per heavy atom. The normalized spacial score (nSPS) is 10.1. The zero-order valence-electron chi connectivity index (χ0n) is 9.83. The van der Waals surface area contributed by atoms with Crippen LogP contribution in [0.3, 0.4) is 0 Å². The van der Waals surface area contributed by atoms with Crippen molar-refractivity contribution < 1.29 is 9.59 Å². The van der Waals surface area contributed by atoms with Gasteiger partial charge in [0.15, 0.2) is 0 Å². The van der Waals surface area contributed by atoms with Gasteiger partial charge in [0.2, 0.25) is 5.91 Å². The van der Waals surface area contributed by atoms with E-state index in [9.17, 15) is 9.59 Å². The Balaban J connectivity index is 2.67. The highest BCUT2D eigenvalue weighted by Crippen LogP contribution is 2.22. The molecular weight excluding hydrogens is 260 g/mol. The monoisotopic (exact) mass is 274 g/mol. The molecule has 6 heteroatoms. The summed E-state index contributed by atoms with van der Waals surface area (Å²) in [5.74, 6) is -0.305. The Kier molecular flexibility index (Phi) is 5.44. The fourth-order valence-corrected chi connectivity index (χ4v) is 2.35. The lowest BCUT2D eigenvalue weighted by atomic mass is 10.3. The second kappa shape index (κ2) is 6.61. The smallest absolute Gasteiger partial charge is 0.264 e. The van der Waals surface area contributed by atoms with Crippen LogP contribution in [-0.2, 0) is 4.79 Å². The number of halogens is 1. The van der Waals surface area contributed by atoms with E-state index in [1.807, 2.05) is 13.8 Å². The number of carbonyl (C=O) groups is 2. The second-order valence-electron chi connectivity index (χ2n) is 3.38. The summed E-state index contributed by atoms with van der Waals surface area (Å²) in [7, 11) is 0. The zero-order valence-corrected chi connectivity index (χ0v) is 11.4. The molecule has 0 fully saturated rings. The topological polar surface area (TPSA) is 49.4 Å². The average Bonchev–Trinajstić information content (AvgIpc) is 2.72. The molecule has 0 atom stereocenters. The molecule has 4 nitrogen and oxygen atoms in total. The number of nitrogens with one attached hydrogen (secondary N) is 1. The predicted octanol–water partition coefficient (Wildman–Crippen LogP) is 2.00. The highest BCUT2D eigenvalue weighted by molar-refractivity contribution is 7.17. The van der Waals surface area contributed by atoms with Gasteiger partial charge in [-0.3, -0.25) is 9.59 Å². The largest absolute Gasteiger partial charge is 0.355 e. The summed E-state index contributed by atoms with van der Waals surface area (Å²) >= 11 is 7.00. The van der Waals surface area contributed by atoms with Crippen LogP contribution in [0.1, 0.15) is 23.5 Å². The van der Waals surface area contributed by atoms with E-state index in [1.165, 1.54) is 16.2 Å². The molecule has 1 heterocycles. The molecule has 0 saturated carbocycles. The molecule has 0 aliphatic rings. The molecule has 0 unspecified atom stereocenters. The van der Waals surface area contributed by atoms with Gasteiger partial charge in [0.05, 0.1) is 15.8 Å². The van der Waals surface area contributed by atoms with E-state index in [1.54, 1.807) is 12.1 Å². The predicted molar refractivity (Wildman–Crippen MR) is 69.6 cm³/mol. The Morgan fingerprint density at radius 3 is 2.59 bits per heavy atom. The molecule has 1 rings (SSSR count). The molecule has 1 aromatic heterocycles. The van der Waals surface area contributed by atoms with Gasteiger partial charge in [-0.1, -0.05) is 11.6 Å². The van der Waals surface area contributed by atoms with Gasteiger partial charge in [-0.25, -0.2) is 0 Å². The van der Waals surface area contributed by atoms with E-state index in [4.69, 9.17) is 11.6 Å². The maximum Gasteiger partial charge on any atom is 0.264 e. The SMILES string of the molecule is CCNC(=O)CN(CC)C(=O)c1ccc(Cl)s1. The van der Waals surface area contributed by atoms with Crippen molar-refractivity contribution in [3.8, 4) is 0 Å². The van der Waals surface area contributed by atoms with Gasteiger partial charge >= 0.3 is 0 Å². The summed E-state index contributed by atoms with van der Waals surface area (Å²) in [5, 5.41) is 2.67. The molecule has 0 aliphatic carbocycles. The molecular formula is C11H15ClN2O2S. The van der Waals surface area contributed by atoms with Gasteiger partial charge in [-0.2, -0.15) is 0 Å². The number of likely N-dealkylation sites (N-methyl/N-ethyl adjacent to an activating group) is 2. The number of rotatable bonds is 5. The van der Waals surface area contributed by atoms with Crippen molar-refractivity contribution in [2.45, 2.75) is 13.8 Å². The molecule has 1 aromatic rings. The van der Waals surface area contributed by atoms with Crippen molar-refractivity contribution in [2.75, 3.05) is 19.6 Å². The minimum Gasteiger partial charge on any atom is -0.355 e. The summed E-state index contributed by atoms with van der Waals surface area (Å²) in [6, 6.07) is 3.36. The minimum atomic E-state index is -0.157. The van der Waals surface area contributed by atoms with Crippen LogP contribution in [0.4, 0.5) is 0 Å². The van der Waals surface area contributed by atoms with Crippen LogP contribution in [0.5, 0.6) is 0 Å². The molecule has 0 radical (unpaired) electrons. The highest BCUT2D eigenvalue weighted by Gasteiger charge is 2.18. The second-order valence-corrected chi connectivity index (χ2v) is 5.09. The van der Waals surface area contributed by atoms with Gasteiger partial charge in [-0.15, -0.1) is 11.3 Å². The fraction of sp³-hybridized carbons (Fsp3) is 0.455. The molecule has 0 spiro atoms. The Morgan fingerprint density at radius 2 is 2.12 bits per heavy atom. The number of nitrogens with zero attached hydrogens (tertiary/aromatic N) is 1. The zero-order chi connectivity index (χ0) is 12.8. The number of carbonyl (C=O) groups excluding carboxylic acids is 2. The molecule has 2 amide bonds. The third-order valence-electron chi connectivity index (χ3n) is 2.16. The van der Waals surface area contributed by atoms with Crippen molar-refractivity contribution in [1.82, 2.24) is 10.2 Å². The van der Waals surface area contributed by atoms with Crippen molar-refractivity contribution in [2.24, 2.45) is 0 Å². The molecule has 0 saturated heterocycles. The Labute approximate surface area is 110 Å². The summed E-state index contributed by atoms with van der Waals surface area (Å²) < 4.78 is 0.572. The summed E-state index contributed by atoms with van der Waals surface area (Å²) in [5.41, 5.74) is 0. The van der Waals surface area contributed by atoms with Crippen LogP contribution in [0.15, 0.2) is 12.1 Å². The third-order valence-corrected chi connectivity index (χ3v) is 3.38. The van der Waals surface area contributed by atoms with Gasteiger partial charge in [0.1, 0.15) is 0 Å². The summed E-state index contributed by atoms with van der Waals surface area (Å²) in [6.45, 7) is 4.82. The van der Waals surface area contributed by atoms with Crippen LogP contribution in [0.25, 0.3) is 0 Å². The van der Waals surface area contributed by atoms with Gasteiger partial charge < -0.3 is 10.2 Å². The molecule has 1 N–H and O–H groups in total. The van der Waals surface area contributed by atoms with E-state index < -0.39 is 0 Å². The lowest BCUT2D eigenvalue weighted by Crippen LogP contribution is -2.40. The summed E-state index contributed by atoms with van der Waals surface area (Å²) in [4.78, 5) is 25.5. The molecule has 17 heavy (non-hydrogen) atoms. The van der Waals surface area contributed by atoms with Crippen molar-refractivity contribution in [3.05, 3.63) is 21.3 Å². The van der Waals surface area contributed by atoms with Crippen molar-refractivity contribution in [1.29, 1.82) is 0 Å². The van der Waals surface area contributed by atoms with E-state index in [0.29, 0.717) is 22.3 Å². The first kappa shape index (κ1) is 14.0. The van der Waals surface area contributed by atoms with Crippen molar-refractivity contribution >= 4 is 34.8 Å². The third kappa shape index (κ3) is 4.02. The lowest BCUT2D eigenvalue weighted by Gasteiger charge is -2.19. The maximum absolute atomic E-state index is 12.0. The number of hydrogen-bond donors (Lipinski definition) is 1. The van der Waals surface area contributed by atoms with Gasteiger partial charge in [0, 0.05) is 13.1 Å². The molecule has 0 aliphatic heterocycles. The number of hydrogen-bond acceptors (Lipinski definition) is 3. The summed E-state index contributed by atoms with van der Waals surface area (Å²) in [6.07, 6.45) is 0. The highest BCUT2D eigenvalue weighted by atomic mass is 35.5. The Hall–Kier alpha value is -1.07. The van der Waals surface area contributed by atoms with Gasteiger partial charge in [0.25, 0.3) is 5.91 Å². The number of thiophene rings is 1. The lowest BCUT2D eigenvalue weighted by molar-refractivity contribution is -0.121. The first-order valence-corrected chi connectivity index (χ1v) is 6.59. The first-order valence-electron chi connectivity index (χ1n) is 5.39. The van der Waals surface area contributed by atoms with Crippen LogP contribution in [0, 0.1) is 0 Å². The molecule has 0 aromatic carbocycles. The van der Waals surface area contributed by atoms with E-state index in [-0.39, 0.29) is 18.4 Å². The Bertz CT molecular complexity index is 406. The molecule has 0 bridgehead atoms. The maximum atomic E-state index is 12.0. The average molecular weight is 275 g/mol. The standard InChI is InChI=1S/C11H15ClN2O2S/c1-3-13-10(15)7-14(4-2)11(16)8-5-6-9(12)17-8/h5-6H,3-4,7H2,1-2H3,(H,13,15). The van der Waals surface area contributed by atoms with E-state index in [2.05, 4.69) is 5.32 Å². The quantitative estimate of drug-likeness (QED) is 0.893. The van der Waals surface area contributed by atoms with Gasteiger partial charge in [-0.05, 0) is 26.0 Å². The van der Waals surface area contributed by atoms with Crippen LogP contribution < -0.4 is 5.32 Å². The van der Waals surface area contributed by atoms with Crippen LogP contribution in [-0.4, -0.2) is 36.3 Å².